The monoisotopic (exact) mass is 764 g/mol. The Morgan fingerprint density at radius 1 is 0.857 bits per heavy atom. The summed E-state index contributed by atoms with van der Waals surface area (Å²) < 4.78 is 12.5. The number of aliphatic hydroxyl groups excluding tert-OH is 4. The molecule has 5 aliphatic rings. The van der Waals surface area contributed by atoms with Crippen LogP contribution in [0.5, 0.6) is 0 Å². The molecule has 2 aromatic rings. The number of carbonyl (C=O) groups is 1. The van der Waals surface area contributed by atoms with Gasteiger partial charge in [0.05, 0.1) is 49.7 Å². The van der Waals surface area contributed by atoms with Crippen molar-refractivity contribution in [1.29, 1.82) is 0 Å². The molecule has 302 valence electrons. The van der Waals surface area contributed by atoms with Crippen LogP contribution in [0.2, 0.25) is 0 Å². The van der Waals surface area contributed by atoms with E-state index in [0.29, 0.717) is 19.3 Å². The number of hydrogen-bond acceptors (Lipinski definition) is 7. The van der Waals surface area contributed by atoms with Crippen molar-refractivity contribution in [3.05, 3.63) is 108 Å². The molecule has 12 atom stereocenters. The van der Waals surface area contributed by atoms with Crippen molar-refractivity contribution in [3.63, 3.8) is 0 Å². The molecule has 4 saturated carbocycles. The van der Waals surface area contributed by atoms with E-state index in [2.05, 4.69) is 53.3 Å². The second kappa shape index (κ2) is 15.1. The number of fused-ring (bicyclic) bond motifs is 7. The summed E-state index contributed by atoms with van der Waals surface area (Å²) in [7, 11) is 0. The van der Waals surface area contributed by atoms with E-state index < -0.39 is 52.0 Å². The van der Waals surface area contributed by atoms with Crippen LogP contribution in [0.4, 0.5) is 0 Å². The summed E-state index contributed by atoms with van der Waals surface area (Å²) >= 11 is 0. The average molecular weight is 765 g/mol. The van der Waals surface area contributed by atoms with Crippen LogP contribution in [0.15, 0.2) is 97.1 Å². The van der Waals surface area contributed by atoms with Crippen LogP contribution in [0.3, 0.4) is 0 Å². The van der Waals surface area contributed by atoms with Crippen LogP contribution in [0, 0.1) is 50.2 Å². The zero-order chi connectivity index (χ0) is 40.1. The van der Waals surface area contributed by atoms with E-state index in [1.165, 1.54) is 11.6 Å². The molecular formula is C49H64O7. The number of carbonyl (C=O) groups excluding carboxylic acids is 1. The van der Waals surface area contributed by atoms with E-state index in [9.17, 15) is 25.2 Å². The highest BCUT2D eigenvalue weighted by Crippen LogP contribution is 2.76. The molecule has 0 aromatic heterocycles. The molecule has 7 rings (SSSR count). The van der Waals surface area contributed by atoms with Gasteiger partial charge in [0.2, 0.25) is 0 Å². The quantitative estimate of drug-likeness (QED) is 0.110. The fraction of sp³-hybridized carbons (Fsp3) is 0.571. The first-order valence-electron chi connectivity index (χ1n) is 20.9. The maximum atomic E-state index is 13.0. The highest BCUT2D eigenvalue weighted by molar-refractivity contribution is 5.87. The lowest BCUT2D eigenvalue weighted by Crippen LogP contribution is -2.72. The number of esters is 1. The largest absolute Gasteiger partial charge is 0.462 e. The predicted octanol–water partition coefficient (Wildman–Crippen LogP) is 8.19. The summed E-state index contributed by atoms with van der Waals surface area (Å²) in [5, 5.41) is 47.6. The maximum absolute atomic E-state index is 13.0. The normalized spacial score (nSPS) is 41.5. The SMILES string of the molecule is C=C[C@]12CC[C@H](O)[C@](C)(COC(=O)/C=C/c3ccccc3)C1CC[C@]1(C)C2CC=C2C3CC(C)(C)[C@@H](O)[C@H](OC/C=C/c4ccccc4)[C@]3(CO)[C@H](O)C[C@]21C. The number of benzene rings is 2. The number of hydrogen-bond donors (Lipinski definition) is 4. The molecule has 0 bridgehead atoms. The highest BCUT2D eigenvalue weighted by Gasteiger charge is 2.73. The Balaban J connectivity index is 1.19. The van der Waals surface area contributed by atoms with Crippen molar-refractivity contribution in [3.8, 4) is 0 Å². The standard InChI is InChI=1S/C49H64O7/c1-7-48-27-25-39(51)45(4,32-56-41(53)23-20-34-17-12-9-13-18-34)37(48)24-26-46(5)38(48)22-21-35-36-29-44(2,3)42(54)43(49(36,31-50)40(52)30-47(35,46)6)55-28-14-19-33-15-10-8-11-16-33/h7-21,23,36-40,42-43,50-52,54H,1,22,24-32H2,2-6H3/b19-14+,23-20+/t36?,37?,38?,39-,40+,42-,43-,45+,46+,47+,48-,49-/m0/s1. The zero-order valence-electron chi connectivity index (χ0n) is 34.1. The van der Waals surface area contributed by atoms with Crippen LogP contribution in [0.1, 0.15) is 90.7 Å². The fourth-order valence-corrected chi connectivity index (χ4v) is 13.0. The Labute approximate surface area is 334 Å². The van der Waals surface area contributed by atoms with Gasteiger partial charge in [0.25, 0.3) is 0 Å². The Morgan fingerprint density at radius 3 is 2.16 bits per heavy atom. The van der Waals surface area contributed by atoms with Crippen LogP contribution in [-0.2, 0) is 14.3 Å². The van der Waals surface area contributed by atoms with Gasteiger partial charge in [-0.1, -0.05) is 125 Å². The lowest BCUT2D eigenvalue weighted by Gasteiger charge is -2.72. The molecule has 3 unspecified atom stereocenters. The molecule has 2 aromatic carbocycles. The summed E-state index contributed by atoms with van der Waals surface area (Å²) in [5.41, 5.74) is 0.0140. The third-order valence-electron chi connectivity index (χ3n) is 16.4. The van der Waals surface area contributed by atoms with Gasteiger partial charge in [-0.2, -0.15) is 0 Å². The molecule has 0 aliphatic heterocycles. The van der Waals surface area contributed by atoms with Gasteiger partial charge in [0, 0.05) is 11.5 Å². The Bertz CT molecular complexity index is 1830. The van der Waals surface area contributed by atoms with E-state index in [-0.39, 0.29) is 48.4 Å². The van der Waals surface area contributed by atoms with Crippen molar-refractivity contribution < 1.29 is 34.7 Å². The maximum Gasteiger partial charge on any atom is 0.330 e. The number of rotatable bonds is 10. The first kappa shape index (κ1) is 40.9. The molecule has 0 spiro atoms. The van der Waals surface area contributed by atoms with E-state index >= 15 is 0 Å². The predicted molar refractivity (Wildman–Crippen MR) is 221 cm³/mol. The highest BCUT2D eigenvalue weighted by atomic mass is 16.5. The molecule has 4 fully saturated rings. The van der Waals surface area contributed by atoms with E-state index in [4.69, 9.17) is 9.47 Å². The number of ether oxygens (including phenoxy) is 2. The van der Waals surface area contributed by atoms with Gasteiger partial charge in [0.1, 0.15) is 0 Å². The third kappa shape index (κ3) is 6.32. The lowest BCUT2D eigenvalue weighted by molar-refractivity contribution is -0.264. The number of aliphatic hydroxyl groups is 4. The van der Waals surface area contributed by atoms with Crippen molar-refractivity contribution in [1.82, 2.24) is 0 Å². The molecule has 7 nitrogen and oxygen atoms in total. The average Bonchev–Trinajstić information content (AvgIpc) is 3.18. The molecule has 0 saturated heterocycles. The molecule has 4 N–H and O–H groups in total. The molecule has 0 amide bonds. The summed E-state index contributed by atoms with van der Waals surface area (Å²) in [5.74, 6) is -0.408. The van der Waals surface area contributed by atoms with Crippen LogP contribution in [0.25, 0.3) is 12.2 Å². The van der Waals surface area contributed by atoms with Crippen LogP contribution >= 0.6 is 0 Å². The zero-order valence-corrected chi connectivity index (χ0v) is 34.1. The van der Waals surface area contributed by atoms with Gasteiger partial charge in [-0.3, -0.25) is 0 Å². The Kier molecular flexibility index (Phi) is 11.0. The van der Waals surface area contributed by atoms with Gasteiger partial charge in [-0.25, -0.2) is 4.79 Å². The van der Waals surface area contributed by atoms with Gasteiger partial charge in [0.15, 0.2) is 0 Å². The minimum atomic E-state index is -1.07. The van der Waals surface area contributed by atoms with Crippen molar-refractivity contribution in [2.75, 3.05) is 19.8 Å². The first-order chi connectivity index (χ1) is 26.6. The van der Waals surface area contributed by atoms with Gasteiger partial charge >= 0.3 is 5.97 Å². The smallest absolute Gasteiger partial charge is 0.330 e. The third-order valence-corrected chi connectivity index (χ3v) is 16.4. The van der Waals surface area contributed by atoms with Gasteiger partial charge in [-0.05, 0) is 102 Å². The molecule has 56 heavy (non-hydrogen) atoms. The summed E-state index contributed by atoms with van der Waals surface area (Å²) in [4.78, 5) is 13.0. The minimum Gasteiger partial charge on any atom is -0.462 e. The van der Waals surface area contributed by atoms with E-state index in [1.54, 1.807) is 6.08 Å². The Hall–Kier alpha value is -3.33. The van der Waals surface area contributed by atoms with Gasteiger partial charge < -0.3 is 29.9 Å². The summed E-state index contributed by atoms with van der Waals surface area (Å²) in [6.07, 6.45) is 13.5. The van der Waals surface area contributed by atoms with Crippen LogP contribution in [-0.4, -0.2) is 70.6 Å². The molecule has 0 heterocycles. The summed E-state index contributed by atoms with van der Waals surface area (Å²) in [6, 6.07) is 19.7. The van der Waals surface area contributed by atoms with Gasteiger partial charge in [-0.15, -0.1) is 6.58 Å². The van der Waals surface area contributed by atoms with Crippen molar-refractivity contribution in [2.24, 2.45) is 50.2 Å². The van der Waals surface area contributed by atoms with Crippen LogP contribution < -0.4 is 0 Å². The van der Waals surface area contributed by atoms with E-state index in [0.717, 1.165) is 36.8 Å². The topological polar surface area (TPSA) is 116 Å². The second-order valence-electron chi connectivity index (χ2n) is 19.3. The lowest BCUT2D eigenvalue weighted by atomic mass is 9.32. The van der Waals surface area contributed by atoms with E-state index in [1.807, 2.05) is 72.8 Å². The molecule has 5 aliphatic carbocycles. The first-order valence-corrected chi connectivity index (χ1v) is 20.9. The molecule has 0 radical (unpaired) electrons. The molecular weight excluding hydrogens is 701 g/mol. The number of allylic oxidation sites excluding steroid dienone is 3. The fourth-order valence-electron chi connectivity index (χ4n) is 13.0. The minimum absolute atomic E-state index is 0.0364. The Morgan fingerprint density at radius 2 is 1.52 bits per heavy atom. The second-order valence-corrected chi connectivity index (χ2v) is 19.3. The van der Waals surface area contributed by atoms with Crippen molar-refractivity contribution in [2.45, 2.75) is 104 Å². The van der Waals surface area contributed by atoms with Crippen molar-refractivity contribution >= 4 is 18.1 Å². The molecule has 7 heteroatoms. The summed E-state index contributed by atoms with van der Waals surface area (Å²) in [6.45, 7) is 15.6.